The van der Waals surface area contributed by atoms with Crippen LogP contribution < -0.4 is 31.7 Å². The number of hydrogen-bond acceptors (Lipinski definition) is 4. The quantitative estimate of drug-likeness (QED) is 0.766. The molecule has 0 saturated carbocycles. The summed E-state index contributed by atoms with van der Waals surface area (Å²) in [4.78, 5) is 23.2. The van der Waals surface area contributed by atoms with Crippen molar-refractivity contribution in [1.29, 1.82) is 0 Å². The molecule has 0 unspecified atom stereocenters. The molecule has 1 aromatic carbocycles. The van der Waals surface area contributed by atoms with Crippen LogP contribution in [-0.2, 0) is 0 Å². The number of nitrogens with zero attached hydrogens (tertiary/aromatic N) is 6. The van der Waals surface area contributed by atoms with Gasteiger partial charge in [0.05, 0.1) is 11.4 Å². The first-order valence-corrected chi connectivity index (χ1v) is 5.50. The first kappa shape index (κ1) is 11.8. The van der Waals surface area contributed by atoms with Crippen LogP contribution >= 0.6 is 0 Å². The maximum atomic E-state index is 11.6. The van der Waals surface area contributed by atoms with Crippen molar-refractivity contribution in [2.75, 3.05) is 10.0 Å². The van der Waals surface area contributed by atoms with E-state index in [1.165, 1.54) is 12.7 Å². The second-order valence-corrected chi connectivity index (χ2v) is 3.70. The average Bonchev–Trinajstić information content (AvgIpc) is 2.48. The highest BCUT2D eigenvalue weighted by atomic mass is 16.2. The summed E-state index contributed by atoms with van der Waals surface area (Å²) in [6, 6.07) is 5.61. The molecule has 0 saturated heterocycles. The fourth-order valence-corrected chi connectivity index (χ4v) is 1.65. The summed E-state index contributed by atoms with van der Waals surface area (Å²) in [7, 11) is 0. The topological polar surface area (TPSA) is 118 Å². The van der Waals surface area contributed by atoms with Gasteiger partial charge in [0, 0.05) is 0 Å². The zero-order chi connectivity index (χ0) is 13.9. The Balaban J connectivity index is 1.89. The summed E-state index contributed by atoms with van der Waals surface area (Å²) in [5.41, 5.74) is 13.1. The van der Waals surface area contributed by atoms with Crippen LogP contribution in [0.2, 0.25) is 0 Å². The van der Waals surface area contributed by atoms with Crippen LogP contribution in [0.25, 0.3) is 0 Å². The molecule has 0 aliphatic carbocycles. The van der Waals surface area contributed by atoms with Crippen molar-refractivity contribution >= 4 is 36.1 Å². The molecule has 100 valence electrons. The summed E-state index contributed by atoms with van der Waals surface area (Å²) in [5.74, 6) is 0. The third-order valence-electron chi connectivity index (χ3n) is 2.47. The predicted molar refractivity (Wildman–Crippen MR) is 69.7 cm³/mol. The zero-order valence-corrected chi connectivity index (χ0v) is 9.96. The van der Waals surface area contributed by atoms with E-state index in [1.807, 2.05) is 0 Å². The summed E-state index contributed by atoms with van der Waals surface area (Å²) in [5, 5.41) is 9.26. The summed E-state index contributed by atoms with van der Waals surface area (Å²) in [6.45, 7) is 0. The number of nitrogens with one attached hydrogen (secondary N) is 2. The van der Waals surface area contributed by atoms with Gasteiger partial charge >= 0.3 is 12.1 Å². The maximum Gasteiger partial charge on any atom is 0.363 e. The molecular weight excluding hydrogens is 264 g/mol. The number of rotatable bonds is 2. The van der Waals surface area contributed by atoms with Gasteiger partial charge in [-0.2, -0.15) is 20.2 Å². The minimum Gasteiger partial charge on any atom is -0.244 e. The molecule has 2 aliphatic rings. The first-order chi connectivity index (χ1) is 9.75. The third-order valence-corrected chi connectivity index (χ3v) is 2.47. The van der Waals surface area contributed by atoms with Crippen LogP contribution in [0.4, 0.5) is 21.0 Å². The number of amides is 4. The van der Waals surface area contributed by atoms with E-state index in [4.69, 9.17) is 0 Å². The fourth-order valence-electron chi connectivity index (χ4n) is 1.65. The van der Waals surface area contributed by atoms with E-state index in [0.29, 0.717) is 11.4 Å². The van der Waals surface area contributed by atoms with Crippen molar-refractivity contribution in [3.8, 4) is 0 Å². The molecule has 0 spiro atoms. The Morgan fingerprint density at radius 1 is 0.850 bits per heavy atom. The molecule has 0 atom stereocenters. The van der Waals surface area contributed by atoms with Crippen LogP contribution in [-0.4, -0.2) is 24.7 Å². The molecule has 10 heteroatoms. The standard InChI is InChI=1S/C10H8N8O2/c19-9-15-11-5-13-17(9)7-2-1-3-8(4-7)18-10(20)16-12-6-14-18/h1-6H,(H,15,19)(H,16,20). The van der Waals surface area contributed by atoms with Crippen molar-refractivity contribution in [3.63, 3.8) is 0 Å². The van der Waals surface area contributed by atoms with Crippen LogP contribution in [0.5, 0.6) is 0 Å². The molecule has 2 heterocycles. The Hall–Kier alpha value is -3.30. The van der Waals surface area contributed by atoms with Gasteiger partial charge in [-0.1, -0.05) is 6.07 Å². The van der Waals surface area contributed by atoms with Gasteiger partial charge in [-0.3, -0.25) is 0 Å². The maximum absolute atomic E-state index is 11.6. The lowest BCUT2D eigenvalue weighted by molar-refractivity contribution is 0.243. The van der Waals surface area contributed by atoms with Gasteiger partial charge in [0.1, 0.15) is 0 Å². The molecule has 3 rings (SSSR count). The molecule has 1 aromatic rings. The van der Waals surface area contributed by atoms with Crippen LogP contribution in [0.3, 0.4) is 0 Å². The molecule has 2 aliphatic heterocycles. The van der Waals surface area contributed by atoms with Gasteiger partial charge in [0.2, 0.25) is 0 Å². The highest BCUT2D eigenvalue weighted by Gasteiger charge is 2.23. The summed E-state index contributed by atoms with van der Waals surface area (Å²) < 4.78 is 0. The Morgan fingerprint density at radius 2 is 1.35 bits per heavy atom. The van der Waals surface area contributed by atoms with E-state index < -0.39 is 12.1 Å². The Bertz CT molecular complexity index is 564. The van der Waals surface area contributed by atoms with E-state index in [-0.39, 0.29) is 0 Å². The van der Waals surface area contributed by atoms with Crippen LogP contribution in [0.15, 0.2) is 34.5 Å². The van der Waals surface area contributed by atoms with Crippen LogP contribution in [0.1, 0.15) is 0 Å². The molecule has 20 heavy (non-hydrogen) atoms. The number of hydrazone groups is 2. The molecule has 0 bridgehead atoms. The van der Waals surface area contributed by atoms with E-state index in [1.54, 1.807) is 24.3 Å². The molecule has 4 amide bonds. The van der Waals surface area contributed by atoms with E-state index >= 15 is 0 Å². The first-order valence-electron chi connectivity index (χ1n) is 5.50. The number of benzene rings is 1. The van der Waals surface area contributed by atoms with Crippen molar-refractivity contribution in [2.24, 2.45) is 10.2 Å². The van der Waals surface area contributed by atoms with E-state index in [2.05, 4.69) is 31.9 Å². The van der Waals surface area contributed by atoms with Gasteiger partial charge in [-0.15, -0.1) is 10.9 Å². The Morgan fingerprint density at radius 3 is 1.80 bits per heavy atom. The lowest BCUT2D eigenvalue weighted by atomic mass is 10.2. The Labute approximate surface area is 113 Å². The minimum atomic E-state index is -0.494. The number of urea groups is 2. The number of hydrogen-bond donors (Lipinski definition) is 2. The number of carbonyl (C=O) groups excluding carboxylic acids is 2. The molecule has 2 radical (unpaired) electrons. The van der Waals surface area contributed by atoms with Gasteiger partial charge in [-0.05, 0) is 18.2 Å². The predicted octanol–water partition coefficient (Wildman–Crippen LogP) is -0.329. The normalized spacial score (nSPS) is 17.2. The minimum absolute atomic E-state index is 0.469. The molecule has 0 fully saturated rings. The van der Waals surface area contributed by atoms with Gasteiger partial charge in [0.15, 0.2) is 12.7 Å². The lowest BCUT2D eigenvalue weighted by Gasteiger charge is -2.24. The fraction of sp³-hybridized carbons (Fsp3) is 0. The van der Waals surface area contributed by atoms with Gasteiger partial charge in [0.25, 0.3) is 0 Å². The lowest BCUT2D eigenvalue weighted by Crippen LogP contribution is -2.47. The number of carbonyl (C=O) groups is 2. The smallest absolute Gasteiger partial charge is 0.244 e. The highest BCUT2D eigenvalue weighted by molar-refractivity contribution is 5.98. The average molecular weight is 272 g/mol. The molecule has 10 nitrogen and oxygen atoms in total. The van der Waals surface area contributed by atoms with Gasteiger partial charge in [-0.25, -0.2) is 20.4 Å². The second kappa shape index (κ2) is 4.76. The molecule has 0 aromatic heterocycles. The zero-order valence-electron chi connectivity index (χ0n) is 9.96. The second-order valence-electron chi connectivity index (χ2n) is 3.70. The van der Waals surface area contributed by atoms with Crippen molar-refractivity contribution in [3.05, 3.63) is 24.3 Å². The van der Waals surface area contributed by atoms with Crippen molar-refractivity contribution < 1.29 is 9.59 Å². The Kier molecular flexibility index (Phi) is 2.80. The van der Waals surface area contributed by atoms with E-state index in [9.17, 15) is 9.59 Å². The SMILES string of the molecule is O=C1NN=C[N]N1c1cccc(N2[N]C=NNC2=O)c1. The van der Waals surface area contributed by atoms with Gasteiger partial charge < -0.3 is 0 Å². The number of anilines is 2. The van der Waals surface area contributed by atoms with Crippen molar-refractivity contribution in [2.45, 2.75) is 0 Å². The summed E-state index contributed by atoms with van der Waals surface area (Å²) in [6.07, 6.45) is 2.41. The summed E-state index contributed by atoms with van der Waals surface area (Å²) >= 11 is 0. The molecular formula is C10H8N8O2. The third kappa shape index (κ3) is 2.05. The molecule has 2 N–H and O–H groups in total. The monoisotopic (exact) mass is 272 g/mol. The highest BCUT2D eigenvalue weighted by Crippen LogP contribution is 2.22. The largest absolute Gasteiger partial charge is 0.363 e. The van der Waals surface area contributed by atoms with Crippen molar-refractivity contribution in [1.82, 2.24) is 21.7 Å². The van der Waals surface area contributed by atoms with Crippen LogP contribution in [0, 0.1) is 0 Å². The van der Waals surface area contributed by atoms with E-state index in [0.717, 1.165) is 10.0 Å².